The minimum atomic E-state index is -3.65. The Hall–Kier alpha value is -2.05. The summed E-state index contributed by atoms with van der Waals surface area (Å²) in [4.78, 5) is 12.5. The molecule has 0 saturated heterocycles. The number of aliphatic hydroxyl groups is 1. The molecule has 0 fully saturated rings. The minimum absolute atomic E-state index is 0.0812. The zero-order valence-corrected chi connectivity index (χ0v) is 19.3. The summed E-state index contributed by atoms with van der Waals surface area (Å²) in [6.07, 6.45) is -1.02. The van der Waals surface area contributed by atoms with E-state index in [2.05, 4.69) is 25.0 Å². The molecule has 1 aromatic heterocycles. The largest absolute Gasteiger partial charge is 0.394 e. The number of nitrogens with zero attached hydrogens (tertiary/aromatic N) is 3. The van der Waals surface area contributed by atoms with Gasteiger partial charge in [0.05, 0.1) is 18.9 Å². The van der Waals surface area contributed by atoms with Gasteiger partial charge in [0.25, 0.3) is 6.43 Å². The molecule has 0 aliphatic carbocycles. The molecule has 0 aliphatic heterocycles. The summed E-state index contributed by atoms with van der Waals surface area (Å²) in [6.45, 7) is 5.57. The Labute approximate surface area is 185 Å². The average molecular weight is 476 g/mol. The summed E-state index contributed by atoms with van der Waals surface area (Å²) < 4.78 is 52.2. The molecule has 12 heteroatoms. The van der Waals surface area contributed by atoms with Gasteiger partial charge in [0, 0.05) is 10.8 Å². The van der Waals surface area contributed by atoms with Crippen molar-refractivity contribution < 1.29 is 22.3 Å². The molecular weight excluding hydrogens is 448 g/mol. The monoisotopic (exact) mass is 475 g/mol. The van der Waals surface area contributed by atoms with Crippen LogP contribution in [-0.2, 0) is 10.0 Å². The second-order valence-electron chi connectivity index (χ2n) is 7.48. The van der Waals surface area contributed by atoms with Crippen LogP contribution in [0, 0.1) is 5.92 Å². The van der Waals surface area contributed by atoms with E-state index in [1.165, 1.54) is 6.07 Å². The van der Waals surface area contributed by atoms with E-state index < -0.39 is 21.7 Å². The summed E-state index contributed by atoms with van der Waals surface area (Å²) in [7, 11) is -3.65. The molecule has 0 amide bonds. The van der Waals surface area contributed by atoms with Gasteiger partial charge in [-0.1, -0.05) is 49.9 Å². The molecule has 0 radical (unpaired) electrons. The summed E-state index contributed by atoms with van der Waals surface area (Å²) in [6, 6.07) is 5.85. The number of nitrogens with one attached hydrogen (secondary N) is 2. The number of anilines is 2. The minimum Gasteiger partial charge on any atom is -0.394 e. The van der Waals surface area contributed by atoms with Gasteiger partial charge in [0.2, 0.25) is 21.9 Å². The fourth-order valence-electron chi connectivity index (χ4n) is 2.92. The van der Waals surface area contributed by atoms with Crippen LogP contribution in [0.4, 0.5) is 20.7 Å². The van der Waals surface area contributed by atoms with E-state index in [0.717, 1.165) is 18.0 Å². The Balaban J connectivity index is 2.36. The third kappa shape index (κ3) is 8.19. The maximum atomic E-state index is 13.4. The molecule has 2 rings (SSSR count). The Morgan fingerprint density at radius 3 is 2.23 bits per heavy atom. The molecule has 1 unspecified atom stereocenters. The summed E-state index contributed by atoms with van der Waals surface area (Å²) in [5.74, 6) is 0.176. The van der Waals surface area contributed by atoms with Gasteiger partial charge in [0.1, 0.15) is 0 Å². The lowest BCUT2D eigenvalue weighted by Crippen LogP contribution is -2.27. The second-order valence-corrected chi connectivity index (χ2v) is 10.5. The van der Waals surface area contributed by atoms with Crippen molar-refractivity contribution in [2.75, 3.05) is 22.9 Å². The fraction of sp³-hybridized carbons (Fsp3) is 0.526. The van der Waals surface area contributed by atoms with Crippen LogP contribution >= 0.6 is 11.8 Å². The maximum absolute atomic E-state index is 13.4. The van der Waals surface area contributed by atoms with Crippen molar-refractivity contribution in [3.63, 3.8) is 0 Å². The lowest BCUT2D eigenvalue weighted by Gasteiger charge is -2.19. The summed E-state index contributed by atoms with van der Waals surface area (Å²) in [5.41, 5.74) is 0.352. The zero-order valence-electron chi connectivity index (χ0n) is 17.7. The van der Waals surface area contributed by atoms with Crippen molar-refractivity contribution in [2.24, 2.45) is 5.92 Å². The first-order valence-electron chi connectivity index (χ1n) is 9.63. The first-order valence-corrected chi connectivity index (χ1v) is 12.4. The number of alkyl halides is 2. The first-order chi connectivity index (χ1) is 14.5. The van der Waals surface area contributed by atoms with Crippen molar-refractivity contribution in [1.82, 2.24) is 15.0 Å². The van der Waals surface area contributed by atoms with Crippen LogP contribution in [0.3, 0.4) is 0 Å². The highest BCUT2D eigenvalue weighted by atomic mass is 32.2. The Bertz CT molecular complexity index is 977. The van der Waals surface area contributed by atoms with E-state index in [4.69, 9.17) is 0 Å². The highest BCUT2D eigenvalue weighted by Crippen LogP contribution is 2.38. The summed E-state index contributed by atoms with van der Waals surface area (Å²) >= 11 is 1.10. The molecular formula is C19H27F2N5O3S2. The van der Waals surface area contributed by atoms with Gasteiger partial charge in [-0.15, -0.1) is 0 Å². The van der Waals surface area contributed by atoms with Gasteiger partial charge in [-0.05, 0) is 24.8 Å². The topological polar surface area (TPSA) is 117 Å². The predicted octanol–water partition coefficient (Wildman–Crippen LogP) is 3.85. The molecule has 2 aromatic rings. The van der Waals surface area contributed by atoms with E-state index in [1.54, 1.807) is 25.1 Å². The van der Waals surface area contributed by atoms with E-state index in [9.17, 15) is 22.3 Å². The highest BCUT2D eigenvalue weighted by molar-refractivity contribution is 7.99. The molecule has 3 N–H and O–H groups in total. The molecule has 0 saturated carbocycles. The van der Waals surface area contributed by atoms with Gasteiger partial charge in [-0.25, -0.2) is 17.2 Å². The molecule has 0 spiro atoms. The number of hydrogen-bond donors (Lipinski definition) is 3. The smallest absolute Gasteiger partial charge is 0.264 e. The van der Waals surface area contributed by atoms with Gasteiger partial charge >= 0.3 is 0 Å². The summed E-state index contributed by atoms with van der Waals surface area (Å²) in [5, 5.41) is 12.3. The van der Waals surface area contributed by atoms with E-state index in [-0.39, 0.29) is 35.3 Å². The first kappa shape index (κ1) is 25.2. The van der Waals surface area contributed by atoms with Crippen LogP contribution in [0.25, 0.3) is 0 Å². The second kappa shape index (κ2) is 11.0. The molecule has 1 heterocycles. The number of hydrogen-bond acceptors (Lipinski definition) is 8. The molecule has 0 bridgehead atoms. The van der Waals surface area contributed by atoms with Crippen LogP contribution in [-0.4, -0.2) is 47.4 Å². The fourth-order valence-corrected chi connectivity index (χ4v) is 4.28. The van der Waals surface area contributed by atoms with Crippen molar-refractivity contribution in [3.05, 3.63) is 35.4 Å². The van der Waals surface area contributed by atoms with Crippen LogP contribution in [0.1, 0.15) is 50.0 Å². The predicted molar refractivity (Wildman–Crippen MR) is 118 cm³/mol. The lowest BCUT2D eigenvalue weighted by atomic mass is 10.0. The van der Waals surface area contributed by atoms with Crippen LogP contribution < -0.4 is 10.0 Å². The Morgan fingerprint density at radius 2 is 1.68 bits per heavy atom. The van der Waals surface area contributed by atoms with Gasteiger partial charge in [-0.2, -0.15) is 15.0 Å². The van der Waals surface area contributed by atoms with Crippen molar-refractivity contribution in [2.45, 2.75) is 50.1 Å². The molecule has 0 aliphatic rings. The standard InChI is InChI=1S/C19H27F2N5O3S2/c1-11(2)9-13(10-27)22-17-23-18(26-31(4,28)29)25-19(24-17)30-12(3)14-7-5-6-8-15(14)16(20)21/h5-8,11-13,16,27H,9-10H2,1-4H3,(H2,22,23,24,25,26)/t12?,13-/m1/s1. The normalized spacial score (nSPS) is 14.0. The maximum Gasteiger partial charge on any atom is 0.264 e. The molecule has 31 heavy (non-hydrogen) atoms. The number of sulfonamides is 1. The highest BCUT2D eigenvalue weighted by Gasteiger charge is 2.21. The SMILES string of the molecule is CC(C)C[C@H](CO)Nc1nc(NS(C)(=O)=O)nc(SC(C)c2ccccc2C(F)F)n1. The quantitative estimate of drug-likeness (QED) is 0.420. The molecule has 2 atom stereocenters. The lowest BCUT2D eigenvalue weighted by molar-refractivity contribution is 0.150. The number of benzene rings is 1. The van der Waals surface area contributed by atoms with Gasteiger partial charge in [-0.3, -0.25) is 4.72 Å². The van der Waals surface area contributed by atoms with Crippen LogP contribution in [0.15, 0.2) is 29.4 Å². The van der Waals surface area contributed by atoms with Crippen molar-refractivity contribution >= 4 is 33.7 Å². The van der Waals surface area contributed by atoms with Gasteiger partial charge in [0.15, 0.2) is 5.16 Å². The van der Waals surface area contributed by atoms with E-state index >= 15 is 0 Å². The third-order valence-electron chi connectivity index (χ3n) is 4.15. The van der Waals surface area contributed by atoms with Gasteiger partial charge < -0.3 is 10.4 Å². The van der Waals surface area contributed by atoms with Crippen LogP contribution in [0.2, 0.25) is 0 Å². The number of halogens is 2. The number of aliphatic hydroxyl groups excluding tert-OH is 1. The van der Waals surface area contributed by atoms with Crippen molar-refractivity contribution in [1.29, 1.82) is 0 Å². The molecule has 172 valence electrons. The average Bonchev–Trinajstić information content (AvgIpc) is 2.65. The zero-order chi connectivity index (χ0) is 23.2. The molecule has 8 nitrogen and oxygen atoms in total. The van der Waals surface area contributed by atoms with Crippen molar-refractivity contribution in [3.8, 4) is 0 Å². The number of aromatic nitrogens is 3. The third-order valence-corrected chi connectivity index (χ3v) is 5.71. The Kier molecular flexibility index (Phi) is 8.95. The van der Waals surface area contributed by atoms with E-state index in [0.29, 0.717) is 17.9 Å². The molecule has 1 aromatic carbocycles. The number of thioether (sulfide) groups is 1. The van der Waals surface area contributed by atoms with E-state index in [1.807, 2.05) is 13.8 Å². The Morgan fingerprint density at radius 1 is 1.06 bits per heavy atom. The number of rotatable bonds is 11. The van der Waals surface area contributed by atoms with Crippen LogP contribution in [0.5, 0.6) is 0 Å².